The van der Waals surface area contributed by atoms with Crippen LogP contribution in [0.3, 0.4) is 0 Å². The van der Waals surface area contributed by atoms with Crippen molar-refractivity contribution in [3.63, 3.8) is 0 Å². The standard InChI is InChI=1S/C30H39NO5/c1-2-3-4-5-6-7-8-9-10-11-12-13-14-15-16-17-29(34)36-28-22-24(33)21-27-30(28)31-25-19-18-23(32)20-26(25)35-27/h9-10,18-22,32H,2-8,11-17H2,1H3/b10-9-. The number of benzene rings is 2. The molecule has 1 aromatic rings. The van der Waals surface area contributed by atoms with Crippen LogP contribution in [-0.2, 0) is 4.79 Å². The van der Waals surface area contributed by atoms with Crippen molar-refractivity contribution in [2.24, 2.45) is 0 Å². The highest BCUT2D eigenvalue weighted by Gasteiger charge is 2.19. The quantitative estimate of drug-likeness (QED) is 0.0716. The number of nitrogens with zero attached hydrogens (tertiary/aromatic N) is 1. The number of rotatable bonds is 16. The lowest BCUT2D eigenvalue weighted by atomic mass is 10.1. The van der Waals surface area contributed by atoms with Crippen molar-refractivity contribution in [3.8, 4) is 23.0 Å². The molecule has 0 spiro atoms. The van der Waals surface area contributed by atoms with Crippen molar-refractivity contribution in [3.05, 3.63) is 52.7 Å². The summed E-state index contributed by atoms with van der Waals surface area (Å²) in [5.74, 6) is -0.0252. The van der Waals surface area contributed by atoms with Gasteiger partial charge in [0.05, 0.1) is 0 Å². The number of hydrogen-bond acceptors (Lipinski definition) is 6. The first kappa shape index (κ1) is 27.4. The number of allylic oxidation sites excluding steroid dienone is 2. The minimum atomic E-state index is -0.382. The number of phenols is 1. The Labute approximate surface area is 213 Å². The lowest BCUT2D eigenvalue weighted by molar-refractivity contribution is -0.134. The highest BCUT2D eigenvalue weighted by atomic mass is 16.5. The molecular weight excluding hydrogens is 454 g/mol. The number of carbonyl (C=O) groups is 1. The minimum absolute atomic E-state index is 0.0392. The minimum Gasteiger partial charge on any atom is -0.508 e. The molecule has 1 aliphatic heterocycles. The summed E-state index contributed by atoms with van der Waals surface area (Å²) in [5, 5.41) is 9.64. The molecule has 0 saturated carbocycles. The van der Waals surface area contributed by atoms with Gasteiger partial charge in [0.25, 0.3) is 0 Å². The van der Waals surface area contributed by atoms with E-state index in [1.807, 2.05) is 0 Å². The molecule has 1 aliphatic carbocycles. The number of hydrogen-bond donors (Lipinski definition) is 1. The van der Waals surface area contributed by atoms with Crippen molar-refractivity contribution < 1.29 is 19.1 Å². The third-order valence-electron chi connectivity index (χ3n) is 6.28. The maximum atomic E-state index is 12.4. The highest BCUT2D eigenvalue weighted by Crippen LogP contribution is 2.32. The van der Waals surface area contributed by atoms with Crippen LogP contribution in [0.4, 0.5) is 0 Å². The molecule has 0 bridgehead atoms. The molecule has 0 atom stereocenters. The first-order valence-electron chi connectivity index (χ1n) is 13.5. The molecule has 3 rings (SSSR count). The van der Waals surface area contributed by atoms with E-state index in [9.17, 15) is 14.7 Å². The number of aromatic nitrogens is 1. The van der Waals surface area contributed by atoms with Crippen LogP contribution in [-0.4, -0.2) is 16.1 Å². The van der Waals surface area contributed by atoms with Gasteiger partial charge < -0.3 is 14.3 Å². The number of ether oxygens (including phenoxy) is 1. The zero-order chi connectivity index (χ0) is 25.6. The molecular formula is C30H39NO5. The van der Waals surface area contributed by atoms with Crippen molar-refractivity contribution in [1.82, 2.24) is 4.98 Å². The lowest BCUT2D eigenvalue weighted by Crippen LogP contribution is -2.12. The van der Waals surface area contributed by atoms with Gasteiger partial charge in [-0.25, -0.2) is 4.98 Å². The summed E-state index contributed by atoms with van der Waals surface area (Å²) in [6, 6.07) is 7.09. The Bertz CT molecular complexity index is 1150. The number of esters is 1. The summed E-state index contributed by atoms with van der Waals surface area (Å²) in [4.78, 5) is 28.9. The molecule has 0 radical (unpaired) electrons. The Morgan fingerprint density at radius 3 is 2.31 bits per heavy atom. The Morgan fingerprint density at radius 2 is 1.58 bits per heavy atom. The first-order chi connectivity index (χ1) is 17.6. The van der Waals surface area contributed by atoms with Crippen LogP contribution in [0.15, 0.2) is 51.7 Å². The molecule has 1 N–H and O–H groups in total. The van der Waals surface area contributed by atoms with E-state index in [-0.39, 0.29) is 28.7 Å². The SMILES string of the molecule is CCCCCCCC/C=C\CCCCCCCC(=O)Oc1cc(=O)cc2oc3cc(O)ccc3nc1-2. The summed E-state index contributed by atoms with van der Waals surface area (Å²) in [6.45, 7) is 2.25. The van der Waals surface area contributed by atoms with Gasteiger partial charge in [-0.15, -0.1) is 0 Å². The average molecular weight is 494 g/mol. The van der Waals surface area contributed by atoms with Gasteiger partial charge in [0.1, 0.15) is 17.0 Å². The normalized spacial score (nSPS) is 11.6. The van der Waals surface area contributed by atoms with Gasteiger partial charge in [-0.05, 0) is 44.2 Å². The van der Waals surface area contributed by atoms with Crippen LogP contribution in [0.2, 0.25) is 0 Å². The van der Waals surface area contributed by atoms with Gasteiger partial charge in [0.15, 0.2) is 22.5 Å². The van der Waals surface area contributed by atoms with Crippen LogP contribution in [0.1, 0.15) is 96.8 Å². The van der Waals surface area contributed by atoms with E-state index in [1.54, 1.807) is 6.07 Å². The molecule has 6 nitrogen and oxygen atoms in total. The van der Waals surface area contributed by atoms with E-state index in [0.717, 1.165) is 32.1 Å². The van der Waals surface area contributed by atoms with Crippen LogP contribution in [0.25, 0.3) is 22.6 Å². The molecule has 6 heteroatoms. The van der Waals surface area contributed by atoms with Gasteiger partial charge in [-0.2, -0.15) is 0 Å². The molecule has 36 heavy (non-hydrogen) atoms. The smallest absolute Gasteiger partial charge is 0.311 e. The van der Waals surface area contributed by atoms with Crippen LogP contribution < -0.4 is 10.2 Å². The second-order valence-electron chi connectivity index (χ2n) is 9.44. The van der Waals surface area contributed by atoms with Crippen LogP contribution in [0, 0.1) is 0 Å². The van der Waals surface area contributed by atoms with Crippen molar-refractivity contribution in [1.29, 1.82) is 0 Å². The van der Waals surface area contributed by atoms with E-state index in [2.05, 4.69) is 24.1 Å². The molecule has 0 unspecified atom stereocenters. The van der Waals surface area contributed by atoms with Crippen LogP contribution >= 0.6 is 0 Å². The van der Waals surface area contributed by atoms with Crippen molar-refractivity contribution in [2.45, 2.75) is 96.8 Å². The number of fused-ring (bicyclic) bond motifs is 2. The fourth-order valence-corrected chi connectivity index (χ4v) is 4.25. The highest BCUT2D eigenvalue weighted by molar-refractivity contribution is 5.81. The topological polar surface area (TPSA) is 89.6 Å². The second-order valence-corrected chi connectivity index (χ2v) is 9.44. The largest absolute Gasteiger partial charge is 0.508 e. The van der Waals surface area contributed by atoms with E-state index >= 15 is 0 Å². The maximum Gasteiger partial charge on any atom is 0.311 e. The molecule has 0 fully saturated rings. The summed E-state index contributed by atoms with van der Waals surface area (Å²) >= 11 is 0. The molecule has 1 aromatic carbocycles. The molecule has 194 valence electrons. The van der Waals surface area contributed by atoms with Gasteiger partial charge in [-0.1, -0.05) is 70.4 Å². The van der Waals surface area contributed by atoms with E-state index in [1.165, 1.54) is 75.6 Å². The number of carbonyl (C=O) groups excluding carboxylic acids is 1. The zero-order valence-corrected chi connectivity index (χ0v) is 21.5. The summed E-state index contributed by atoms with van der Waals surface area (Å²) in [7, 11) is 0. The third-order valence-corrected chi connectivity index (χ3v) is 6.28. The predicted octanol–water partition coefficient (Wildman–Crippen LogP) is 7.94. The first-order valence-corrected chi connectivity index (χ1v) is 13.5. The summed E-state index contributed by atoms with van der Waals surface area (Å²) < 4.78 is 11.2. The zero-order valence-electron chi connectivity index (χ0n) is 21.5. The lowest BCUT2D eigenvalue weighted by Gasteiger charge is -2.11. The molecule has 1 heterocycles. The van der Waals surface area contributed by atoms with Gasteiger partial charge >= 0.3 is 5.97 Å². The molecule has 2 aliphatic rings. The Balaban J connectivity index is 1.33. The fourth-order valence-electron chi connectivity index (χ4n) is 4.25. The summed E-state index contributed by atoms with van der Waals surface area (Å²) in [6.07, 6.45) is 20.5. The summed E-state index contributed by atoms with van der Waals surface area (Å²) in [5.41, 5.74) is 0.814. The van der Waals surface area contributed by atoms with Crippen LogP contribution in [0.5, 0.6) is 11.5 Å². The monoisotopic (exact) mass is 493 g/mol. The third kappa shape index (κ3) is 9.14. The van der Waals surface area contributed by atoms with E-state index < -0.39 is 0 Å². The predicted molar refractivity (Wildman–Crippen MR) is 144 cm³/mol. The van der Waals surface area contributed by atoms with Gasteiger partial charge in [0, 0.05) is 24.6 Å². The van der Waals surface area contributed by atoms with Crippen molar-refractivity contribution >= 4 is 17.1 Å². The number of phenolic OH excluding ortho intramolecular Hbond substituents is 1. The average Bonchev–Trinajstić information content (AvgIpc) is 2.85. The number of aromatic hydroxyl groups is 1. The van der Waals surface area contributed by atoms with Gasteiger partial charge in [-0.3, -0.25) is 9.59 Å². The Kier molecular flexibility index (Phi) is 11.5. The van der Waals surface area contributed by atoms with E-state index in [4.69, 9.17) is 9.15 Å². The Hall–Kier alpha value is -3.15. The fraction of sp³-hybridized carbons (Fsp3) is 0.500. The Morgan fingerprint density at radius 1 is 0.917 bits per heavy atom. The molecule has 0 aromatic heterocycles. The maximum absolute atomic E-state index is 12.4. The van der Waals surface area contributed by atoms with Gasteiger partial charge in [0.2, 0.25) is 0 Å². The molecule has 0 amide bonds. The number of unbranched alkanes of at least 4 members (excludes halogenated alkanes) is 11. The van der Waals surface area contributed by atoms with Crippen molar-refractivity contribution in [2.75, 3.05) is 0 Å². The van der Waals surface area contributed by atoms with E-state index in [0.29, 0.717) is 23.2 Å². The second kappa shape index (κ2) is 15.1. The molecule has 0 saturated heterocycles.